The predicted octanol–water partition coefficient (Wildman–Crippen LogP) is 3.23. The summed E-state index contributed by atoms with van der Waals surface area (Å²) in [5, 5.41) is 3.09. The third kappa shape index (κ3) is 5.35. The molecular weight excluding hydrogens is 350 g/mol. The number of carbonyl (C=O) groups excluding carboxylic acids is 1. The van der Waals surface area contributed by atoms with Gasteiger partial charge in [-0.2, -0.15) is 0 Å². The lowest BCUT2D eigenvalue weighted by molar-refractivity contribution is 0.177. The summed E-state index contributed by atoms with van der Waals surface area (Å²) in [6.07, 6.45) is 7.17. The molecule has 1 aliphatic rings. The normalized spacial score (nSPS) is 17.1. The topological polar surface area (TPSA) is 53.4 Å². The molecule has 1 fully saturated rings. The first-order valence-corrected chi connectivity index (χ1v) is 10.3. The Morgan fingerprint density at radius 1 is 1.32 bits per heavy atom. The third-order valence-corrected chi connectivity index (χ3v) is 5.52. The van der Waals surface area contributed by atoms with Gasteiger partial charge in [0.1, 0.15) is 5.82 Å². The van der Waals surface area contributed by atoms with Gasteiger partial charge in [-0.3, -0.25) is 0 Å². The first-order chi connectivity index (χ1) is 13.5. The second-order valence-corrected chi connectivity index (χ2v) is 8.01. The zero-order chi connectivity index (χ0) is 19.9. The molecule has 2 aromatic rings. The van der Waals surface area contributed by atoms with E-state index in [2.05, 4.69) is 59.1 Å². The Kier molecular flexibility index (Phi) is 7.09. The van der Waals surface area contributed by atoms with Crippen molar-refractivity contribution in [3.8, 4) is 0 Å². The van der Waals surface area contributed by atoms with Crippen molar-refractivity contribution in [1.29, 1.82) is 0 Å². The van der Waals surface area contributed by atoms with E-state index in [9.17, 15) is 4.79 Å². The molecule has 1 aromatic heterocycles. The molecule has 2 heterocycles. The highest BCUT2D eigenvalue weighted by Gasteiger charge is 2.27. The number of imidazole rings is 1. The number of aryl methyl sites for hydroxylation is 2. The lowest BCUT2D eigenvalue weighted by Crippen LogP contribution is -2.45. The van der Waals surface area contributed by atoms with E-state index >= 15 is 0 Å². The van der Waals surface area contributed by atoms with Crippen molar-refractivity contribution >= 4 is 6.03 Å². The van der Waals surface area contributed by atoms with Gasteiger partial charge in [-0.05, 0) is 58.0 Å². The summed E-state index contributed by atoms with van der Waals surface area (Å²) < 4.78 is 2.27. The van der Waals surface area contributed by atoms with Gasteiger partial charge in [-0.25, -0.2) is 9.78 Å². The molecule has 1 aromatic carbocycles. The number of aromatic nitrogens is 2. The zero-order valence-corrected chi connectivity index (χ0v) is 17.4. The van der Waals surface area contributed by atoms with E-state index in [0.717, 1.165) is 51.3 Å². The van der Waals surface area contributed by atoms with E-state index in [1.54, 1.807) is 0 Å². The molecule has 0 saturated carbocycles. The maximum absolute atomic E-state index is 12.7. The molecule has 3 rings (SSSR count). The van der Waals surface area contributed by atoms with Gasteiger partial charge in [0, 0.05) is 44.5 Å². The van der Waals surface area contributed by atoms with Gasteiger partial charge in [0.2, 0.25) is 0 Å². The number of likely N-dealkylation sites (tertiary alicyclic amines) is 1. The van der Waals surface area contributed by atoms with Crippen LogP contribution in [0.2, 0.25) is 0 Å². The second kappa shape index (κ2) is 9.73. The molecule has 28 heavy (non-hydrogen) atoms. The maximum atomic E-state index is 12.7. The predicted molar refractivity (Wildman–Crippen MR) is 112 cm³/mol. The van der Waals surface area contributed by atoms with Gasteiger partial charge in [-0.15, -0.1) is 0 Å². The summed E-state index contributed by atoms with van der Waals surface area (Å²) in [6, 6.07) is 8.21. The van der Waals surface area contributed by atoms with Crippen molar-refractivity contribution in [3.63, 3.8) is 0 Å². The smallest absolute Gasteiger partial charge is 0.317 e. The fourth-order valence-electron chi connectivity index (χ4n) is 3.89. The first-order valence-electron chi connectivity index (χ1n) is 10.3. The number of amides is 2. The molecule has 0 bridgehead atoms. The average Bonchev–Trinajstić information content (AvgIpc) is 3.15. The summed E-state index contributed by atoms with van der Waals surface area (Å²) in [5.74, 6) is 1.43. The van der Waals surface area contributed by atoms with Crippen LogP contribution in [0.1, 0.15) is 42.1 Å². The highest BCUT2D eigenvalue weighted by Crippen LogP contribution is 2.26. The molecule has 1 unspecified atom stereocenters. The largest absolute Gasteiger partial charge is 0.335 e. The van der Waals surface area contributed by atoms with E-state index in [4.69, 9.17) is 0 Å². The zero-order valence-electron chi connectivity index (χ0n) is 17.4. The number of hydrogen-bond donors (Lipinski definition) is 1. The minimum absolute atomic E-state index is 0.0265. The summed E-state index contributed by atoms with van der Waals surface area (Å²) in [4.78, 5) is 21.5. The molecule has 152 valence electrons. The number of nitrogens with one attached hydrogen (secondary N) is 1. The van der Waals surface area contributed by atoms with Gasteiger partial charge in [0.05, 0.1) is 0 Å². The van der Waals surface area contributed by atoms with Crippen LogP contribution in [0.4, 0.5) is 4.79 Å². The second-order valence-electron chi connectivity index (χ2n) is 8.01. The van der Waals surface area contributed by atoms with Crippen molar-refractivity contribution in [2.45, 2.75) is 45.2 Å². The maximum Gasteiger partial charge on any atom is 0.317 e. The average molecular weight is 384 g/mol. The van der Waals surface area contributed by atoms with Crippen LogP contribution in [0.25, 0.3) is 0 Å². The van der Waals surface area contributed by atoms with E-state index < -0.39 is 0 Å². The number of hydrogen-bond acceptors (Lipinski definition) is 3. The van der Waals surface area contributed by atoms with Crippen LogP contribution in [-0.4, -0.2) is 59.1 Å². The van der Waals surface area contributed by atoms with Crippen molar-refractivity contribution in [3.05, 3.63) is 53.6 Å². The van der Waals surface area contributed by atoms with Gasteiger partial charge >= 0.3 is 6.03 Å². The van der Waals surface area contributed by atoms with Crippen molar-refractivity contribution < 1.29 is 4.79 Å². The summed E-state index contributed by atoms with van der Waals surface area (Å²) >= 11 is 0. The van der Waals surface area contributed by atoms with Crippen LogP contribution in [-0.2, 0) is 13.1 Å². The van der Waals surface area contributed by atoms with E-state index in [-0.39, 0.29) is 6.03 Å². The molecule has 6 heteroatoms. The number of urea groups is 1. The molecule has 2 amide bonds. The Hall–Kier alpha value is -2.34. The van der Waals surface area contributed by atoms with Gasteiger partial charge in [0.25, 0.3) is 0 Å². The van der Waals surface area contributed by atoms with Gasteiger partial charge < -0.3 is 19.7 Å². The molecule has 0 radical (unpaired) electrons. The Balaban J connectivity index is 1.56. The fraction of sp³-hybridized carbons (Fsp3) is 0.545. The molecule has 0 aliphatic carbocycles. The lowest BCUT2D eigenvalue weighted by Gasteiger charge is -2.32. The minimum atomic E-state index is 0.0265. The SMILES string of the molecule is Cc1ccccc1CNC(=O)N1CCCC(c2nccn2CCCN(C)C)C1. The number of carbonyl (C=O) groups is 1. The number of benzene rings is 1. The molecule has 0 spiro atoms. The van der Waals surface area contributed by atoms with Crippen LogP contribution < -0.4 is 5.32 Å². The quantitative estimate of drug-likeness (QED) is 0.799. The summed E-state index contributed by atoms with van der Waals surface area (Å²) in [5.41, 5.74) is 2.37. The highest BCUT2D eigenvalue weighted by atomic mass is 16.2. The summed E-state index contributed by atoms with van der Waals surface area (Å²) in [7, 11) is 4.20. The van der Waals surface area contributed by atoms with E-state index in [0.29, 0.717) is 12.5 Å². The standard InChI is InChI=1S/C22H33N5O/c1-18-8-4-5-9-19(18)16-24-22(28)27-13-6-10-20(17-27)21-23-11-15-26(21)14-7-12-25(2)3/h4-5,8-9,11,15,20H,6-7,10,12-14,16-17H2,1-3H3,(H,24,28). The Labute approximate surface area is 168 Å². The van der Waals surface area contributed by atoms with Crippen LogP contribution >= 0.6 is 0 Å². The van der Waals surface area contributed by atoms with Gasteiger partial charge in [-0.1, -0.05) is 24.3 Å². The highest BCUT2D eigenvalue weighted by molar-refractivity contribution is 5.74. The van der Waals surface area contributed by atoms with Crippen molar-refractivity contribution in [2.24, 2.45) is 0 Å². The molecular formula is C22H33N5O. The number of nitrogens with zero attached hydrogens (tertiary/aromatic N) is 4. The first kappa shape index (κ1) is 20.4. The molecule has 1 aliphatic heterocycles. The molecule has 1 N–H and O–H groups in total. The van der Waals surface area contributed by atoms with Crippen LogP contribution in [0.5, 0.6) is 0 Å². The number of rotatable bonds is 7. The van der Waals surface area contributed by atoms with Crippen molar-refractivity contribution in [2.75, 3.05) is 33.7 Å². The fourth-order valence-corrected chi connectivity index (χ4v) is 3.89. The van der Waals surface area contributed by atoms with Crippen LogP contribution in [0.3, 0.4) is 0 Å². The van der Waals surface area contributed by atoms with E-state index in [1.165, 1.54) is 11.1 Å². The third-order valence-electron chi connectivity index (χ3n) is 5.52. The van der Waals surface area contributed by atoms with E-state index in [1.807, 2.05) is 23.2 Å². The number of piperidine rings is 1. The summed E-state index contributed by atoms with van der Waals surface area (Å²) in [6.45, 7) is 6.25. The Bertz CT molecular complexity index is 770. The minimum Gasteiger partial charge on any atom is -0.335 e. The van der Waals surface area contributed by atoms with Crippen LogP contribution in [0.15, 0.2) is 36.7 Å². The lowest BCUT2D eigenvalue weighted by atomic mass is 9.97. The van der Waals surface area contributed by atoms with Crippen molar-refractivity contribution in [1.82, 2.24) is 24.7 Å². The monoisotopic (exact) mass is 383 g/mol. The Morgan fingerprint density at radius 2 is 2.14 bits per heavy atom. The molecule has 1 atom stereocenters. The van der Waals surface area contributed by atoms with Gasteiger partial charge in [0.15, 0.2) is 0 Å². The molecule has 6 nitrogen and oxygen atoms in total. The van der Waals surface area contributed by atoms with Crippen LogP contribution in [0, 0.1) is 6.92 Å². The Morgan fingerprint density at radius 3 is 2.93 bits per heavy atom. The molecule has 1 saturated heterocycles.